The Kier molecular flexibility index (Phi) is 5.95. The van der Waals surface area contributed by atoms with Crippen molar-refractivity contribution in [2.75, 3.05) is 0 Å². The lowest BCUT2D eigenvalue weighted by atomic mass is 10.0. The molecule has 0 fully saturated rings. The standard InChI is InChI=1S/C10H15F3N2O5/c1-9(14,10(11,12)13)8(20)15-5(7(18)19)3-2-4-6(16)17/h5H,2-4,14H2,1H3,(H,15,20)(H,16,17)(H,18,19)/t5-,9?/m1/s1. The molecular formula is C10H15F3N2O5. The van der Waals surface area contributed by atoms with Gasteiger partial charge >= 0.3 is 18.1 Å². The van der Waals surface area contributed by atoms with E-state index in [4.69, 9.17) is 15.9 Å². The summed E-state index contributed by atoms with van der Waals surface area (Å²) in [5.74, 6) is -4.44. The number of hydrogen-bond acceptors (Lipinski definition) is 4. The van der Waals surface area contributed by atoms with Gasteiger partial charge in [-0.15, -0.1) is 0 Å². The van der Waals surface area contributed by atoms with Gasteiger partial charge in [0.2, 0.25) is 5.91 Å². The Morgan fingerprint density at radius 2 is 1.75 bits per heavy atom. The van der Waals surface area contributed by atoms with Crippen molar-refractivity contribution in [3.8, 4) is 0 Å². The van der Waals surface area contributed by atoms with Gasteiger partial charge < -0.3 is 21.3 Å². The fourth-order valence-electron chi connectivity index (χ4n) is 1.15. The summed E-state index contributed by atoms with van der Waals surface area (Å²) in [6.45, 7) is 0.415. The number of nitrogens with two attached hydrogens (primary N) is 1. The van der Waals surface area contributed by atoms with Crippen LogP contribution in [0.3, 0.4) is 0 Å². The van der Waals surface area contributed by atoms with E-state index in [-0.39, 0.29) is 19.3 Å². The van der Waals surface area contributed by atoms with Gasteiger partial charge in [-0.05, 0) is 19.8 Å². The summed E-state index contributed by atoms with van der Waals surface area (Å²) in [5, 5.41) is 18.8. The molecule has 20 heavy (non-hydrogen) atoms. The third-order valence-corrected chi connectivity index (χ3v) is 2.55. The van der Waals surface area contributed by atoms with E-state index in [1.165, 1.54) is 0 Å². The van der Waals surface area contributed by atoms with Crippen molar-refractivity contribution in [3.05, 3.63) is 0 Å². The quantitative estimate of drug-likeness (QED) is 0.527. The van der Waals surface area contributed by atoms with Gasteiger partial charge in [-0.3, -0.25) is 9.59 Å². The van der Waals surface area contributed by atoms with Crippen molar-refractivity contribution >= 4 is 17.8 Å². The van der Waals surface area contributed by atoms with E-state index in [9.17, 15) is 27.6 Å². The van der Waals surface area contributed by atoms with E-state index in [1.807, 2.05) is 0 Å². The van der Waals surface area contributed by atoms with E-state index in [2.05, 4.69) is 0 Å². The number of hydrogen-bond donors (Lipinski definition) is 4. The largest absolute Gasteiger partial charge is 0.481 e. The van der Waals surface area contributed by atoms with Crippen molar-refractivity contribution in [1.82, 2.24) is 5.32 Å². The van der Waals surface area contributed by atoms with Crippen molar-refractivity contribution in [1.29, 1.82) is 0 Å². The first kappa shape index (κ1) is 18.2. The molecule has 7 nitrogen and oxygen atoms in total. The summed E-state index contributed by atoms with van der Waals surface area (Å²) in [5.41, 5.74) is 1.61. The second kappa shape index (κ2) is 6.55. The molecule has 0 spiro atoms. The summed E-state index contributed by atoms with van der Waals surface area (Å²) in [7, 11) is 0. The summed E-state index contributed by atoms with van der Waals surface area (Å²) >= 11 is 0. The molecule has 0 aromatic carbocycles. The SMILES string of the molecule is CC(N)(C(=O)N[C@H](CCCC(=O)O)C(=O)O)C(F)(F)F. The number of carbonyl (C=O) groups is 3. The molecule has 0 radical (unpaired) electrons. The highest BCUT2D eigenvalue weighted by atomic mass is 19.4. The maximum Gasteiger partial charge on any atom is 0.415 e. The molecule has 0 aliphatic heterocycles. The molecule has 0 saturated heterocycles. The molecule has 1 amide bonds. The van der Waals surface area contributed by atoms with E-state index in [1.54, 1.807) is 5.32 Å². The second-order valence-electron chi connectivity index (χ2n) is 4.35. The Balaban J connectivity index is 4.72. The van der Waals surface area contributed by atoms with Gasteiger partial charge in [0.25, 0.3) is 0 Å². The average Bonchev–Trinajstić information content (AvgIpc) is 2.24. The zero-order valence-electron chi connectivity index (χ0n) is 10.5. The first-order valence-electron chi connectivity index (χ1n) is 5.50. The van der Waals surface area contributed by atoms with Crippen molar-refractivity contribution in [3.63, 3.8) is 0 Å². The lowest BCUT2D eigenvalue weighted by Gasteiger charge is -2.27. The second-order valence-corrected chi connectivity index (χ2v) is 4.35. The van der Waals surface area contributed by atoms with Crippen molar-refractivity contribution < 1.29 is 37.8 Å². The first-order chi connectivity index (χ1) is 8.89. The zero-order chi connectivity index (χ0) is 16.1. The van der Waals surface area contributed by atoms with Crippen LogP contribution in [-0.2, 0) is 14.4 Å². The maximum absolute atomic E-state index is 12.5. The number of nitrogens with one attached hydrogen (secondary N) is 1. The molecule has 0 aromatic heterocycles. The topological polar surface area (TPSA) is 130 Å². The monoisotopic (exact) mass is 300 g/mol. The molecule has 116 valence electrons. The maximum atomic E-state index is 12.5. The number of carboxylic acids is 2. The number of alkyl halides is 3. The van der Waals surface area contributed by atoms with Gasteiger partial charge in [0.15, 0.2) is 5.54 Å². The lowest BCUT2D eigenvalue weighted by molar-refractivity contribution is -0.188. The van der Waals surface area contributed by atoms with Crippen LogP contribution in [-0.4, -0.2) is 45.8 Å². The fourth-order valence-corrected chi connectivity index (χ4v) is 1.15. The van der Waals surface area contributed by atoms with E-state index < -0.39 is 35.6 Å². The Labute approximate surface area is 111 Å². The normalized spacial score (nSPS) is 16.1. The lowest BCUT2D eigenvalue weighted by Crippen LogP contribution is -2.63. The number of amides is 1. The minimum absolute atomic E-state index is 0.111. The average molecular weight is 300 g/mol. The smallest absolute Gasteiger partial charge is 0.415 e. The Hall–Kier alpha value is -1.84. The summed E-state index contributed by atoms with van der Waals surface area (Å²) in [6, 6.07) is -1.63. The van der Waals surface area contributed by atoms with Crippen LogP contribution in [0.5, 0.6) is 0 Å². The number of aliphatic carboxylic acids is 2. The fraction of sp³-hybridized carbons (Fsp3) is 0.700. The van der Waals surface area contributed by atoms with Crippen LogP contribution in [0.1, 0.15) is 26.2 Å². The van der Waals surface area contributed by atoms with Crippen LogP contribution in [0, 0.1) is 0 Å². The Morgan fingerprint density at radius 1 is 1.25 bits per heavy atom. The van der Waals surface area contributed by atoms with Crippen LogP contribution in [0.15, 0.2) is 0 Å². The zero-order valence-corrected chi connectivity index (χ0v) is 10.5. The molecule has 0 rings (SSSR count). The van der Waals surface area contributed by atoms with Crippen LogP contribution in [0.25, 0.3) is 0 Å². The molecule has 0 aliphatic rings. The molecule has 0 saturated carbocycles. The van der Waals surface area contributed by atoms with Gasteiger partial charge in [0, 0.05) is 6.42 Å². The molecule has 2 atom stereocenters. The summed E-state index contributed by atoms with van der Waals surface area (Å²) in [4.78, 5) is 32.5. The van der Waals surface area contributed by atoms with Crippen molar-refractivity contribution in [2.24, 2.45) is 5.73 Å². The number of carboxylic acid groups (broad SMARTS) is 2. The number of carbonyl (C=O) groups excluding carboxylic acids is 1. The Bertz CT molecular complexity index is 395. The molecule has 0 heterocycles. The predicted octanol–water partition coefficient (Wildman–Crippen LogP) is 0.0904. The number of rotatable bonds is 7. The molecule has 10 heteroatoms. The molecule has 0 bridgehead atoms. The van der Waals surface area contributed by atoms with Gasteiger partial charge in [0.1, 0.15) is 6.04 Å². The molecule has 1 unspecified atom stereocenters. The minimum atomic E-state index is -5.04. The van der Waals surface area contributed by atoms with Crippen LogP contribution in [0.4, 0.5) is 13.2 Å². The summed E-state index contributed by atoms with van der Waals surface area (Å²) < 4.78 is 37.4. The van der Waals surface area contributed by atoms with Gasteiger partial charge in [0.05, 0.1) is 0 Å². The first-order valence-corrected chi connectivity index (χ1v) is 5.50. The minimum Gasteiger partial charge on any atom is -0.481 e. The highest BCUT2D eigenvalue weighted by Crippen LogP contribution is 2.28. The highest BCUT2D eigenvalue weighted by Gasteiger charge is 2.54. The van der Waals surface area contributed by atoms with Gasteiger partial charge in [-0.2, -0.15) is 13.2 Å². The van der Waals surface area contributed by atoms with Gasteiger partial charge in [-0.25, -0.2) is 4.79 Å². The van der Waals surface area contributed by atoms with Gasteiger partial charge in [-0.1, -0.05) is 0 Å². The van der Waals surface area contributed by atoms with E-state index in [0.717, 1.165) is 0 Å². The molecule has 5 N–H and O–H groups in total. The molecule has 0 aromatic rings. The van der Waals surface area contributed by atoms with Crippen molar-refractivity contribution in [2.45, 2.75) is 43.9 Å². The summed E-state index contributed by atoms with van der Waals surface area (Å²) in [6.07, 6.45) is -5.83. The highest BCUT2D eigenvalue weighted by molar-refractivity contribution is 5.90. The van der Waals surface area contributed by atoms with E-state index in [0.29, 0.717) is 6.92 Å². The number of halogens is 3. The molecule has 0 aliphatic carbocycles. The third-order valence-electron chi connectivity index (χ3n) is 2.55. The van der Waals surface area contributed by atoms with E-state index >= 15 is 0 Å². The Morgan fingerprint density at radius 3 is 2.10 bits per heavy atom. The molecular weight excluding hydrogens is 285 g/mol. The third kappa shape index (κ3) is 5.03. The van der Waals surface area contributed by atoms with Crippen LogP contribution < -0.4 is 11.1 Å². The van der Waals surface area contributed by atoms with Crippen LogP contribution in [0.2, 0.25) is 0 Å². The van der Waals surface area contributed by atoms with Crippen LogP contribution >= 0.6 is 0 Å². The predicted molar refractivity (Wildman–Crippen MR) is 59.7 cm³/mol.